The van der Waals surface area contributed by atoms with Crippen LogP contribution in [0.5, 0.6) is 0 Å². The number of ether oxygens (including phenoxy) is 1. The fourth-order valence-electron chi connectivity index (χ4n) is 1.72. The zero-order valence-corrected chi connectivity index (χ0v) is 11.6. The van der Waals surface area contributed by atoms with Crippen molar-refractivity contribution in [2.45, 2.75) is 12.2 Å². The van der Waals surface area contributed by atoms with Crippen LogP contribution in [0.4, 0.5) is 18.0 Å². The van der Waals surface area contributed by atoms with Crippen molar-refractivity contribution in [1.82, 2.24) is 4.90 Å². The highest BCUT2D eigenvalue weighted by molar-refractivity contribution is 5.81. The summed E-state index contributed by atoms with van der Waals surface area (Å²) in [6.45, 7) is 3.24. The first-order valence-electron chi connectivity index (χ1n) is 6.09. The van der Waals surface area contributed by atoms with Gasteiger partial charge in [-0.15, -0.1) is 0 Å². The van der Waals surface area contributed by atoms with Crippen molar-refractivity contribution in [2.24, 2.45) is 0 Å². The number of likely N-dealkylation sites (N-methyl/N-ethyl adjacent to an activating group) is 1. The van der Waals surface area contributed by atoms with Gasteiger partial charge in [0.25, 0.3) is 0 Å². The van der Waals surface area contributed by atoms with E-state index in [1.54, 1.807) is 0 Å². The van der Waals surface area contributed by atoms with Crippen molar-refractivity contribution in [3.63, 3.8) is 0 Å². The molecule has 0 aliphatic rings. The molecule has 22 heavy (non-hydrogen) atoms. The molecular formula is C14H14F3NO4. The van der Waals surface area contributed by atoms with Crippen LogP contribution in [0.25, 0.3) is 0 Å². The minimum Gasteiger partial charge on any atom is -0.479 e. The number of nitrogens with zero attached hydrogens (tertiary/aromatic N) is 1. The number of halogens is 3. The number of carboxylic acids is 1. The fraction of sp³-hybridized carbons (Fsp3) is 0.286. The molecule has 0 aliphatic carbocycles. The number of carboxylic acid groups (broad SMARTS) is 1. The second-order valence-corrected chi connectivity index (χ2v) is 4.34. The van der Waals surface area contributed by atoms with Crippen LogP contribution in [-0.2, 0) is 15.7 Å². The molecule has 0 saturated carbocycles. The van der Waals surface area contributed by atoms with Crippen LogP contribution in [0.15, 0.2) is 36.9 Å². The highest BCUT2D eigenvalue weighted by Crippen LogP contribution is 2.30. The molecule has 0 aliphatic heterocycles. The Morgan fingerprint density at radius 3 is 2.32 bits per heavy atom. The lowest BCUT2D eigenvalue weighted by Crippen LogP contribution is -2.36. The molecule has 120 valence electrons. The SMILES string of the molecule is C=CCOC(=O)N(C)C(C(=O)O)c1ccc(C(F)(F)F)cc1. The van der Waals surface area contributed by atoms with E-state index in [1.165, 1.54) is 13.1 Å². The molecule has 1 amide bonds. The Kier molecular flexibility index (Phi) is 5.56. The van der Waals surface area contributed by atoms with Crippen molar-refractivity contribution in [3.8, 4) is 0 Å². The third-order valence-electron chi connectivity index (χ3n) is 2.79. The maximum atomic E-state index is 12.5. The van der Waals surface area contributed by atoms with Gasteiger partial charge in [0, 0.05) is 7.05 Å². The lowest BCUT2D eigenvalue weighted by atomic mass is 10.0. The molecule has 5 nitrogen and oxygen atoms in total. The average Bonchev–Trinajstić information content (AvgIpc) is 2.44. The minimum absolute atomic E-state index is 0.0264. The topological polar surface area (TPSA) is 66.8 Å². The van der Waals surface area contributed by atoms with E-state index in [0.29, 0.717) is 0 Å². The molecule has 0 bridgehead atoms. The van der Waals surface area contributed by atoms with E-state index in [2.05, 4.69) is 6.58 Å². The number of benzene rings is 1. The highest BCUT2D eigenvalue weighted by atomic mass is 19.4. The van der Waals surface area contributed by atoms with Gasteiger partial charge in [-0.25, -0.2) is 9.59 Å². The third kappa shape index (κ3) is 4.24. The normalized spacial score (nSPS) is 12.4. The lowest BCUT2D eigenvalue weighted by molar-refractivity contribution is -0.142. The molecule has 1 unspecified atom stereocenters. The Balaban J connectivity index is 3.03. The van der Waals surface area contributed by atoms with Crippen molar-refractivity contribution in [3.05, 3.63) is 48.0 Å². The van der Waals surface area contributed by atoms with Crippen molar-refractivity contribution < 1.29 is 32.6 Å². The van der Waals surface area contributed by atoms with Crippen molar-refractivity contribution >= 4 is 12.1 Å². The molecule has 1 atom stereocenters. The number of hydrogen-bond donors (Lipinski definition) is 1. The summed E-state index contributed by atoms with van der Waals surface area (Å²) < 4.78 is 42.2. The number of aliphatic carboxylic acids is 1. The molecule has 1 N–H and O–H groups in total. The number of rotatable bonds is 5. The zero-order chi connectivity index (χ0) is 16.9. The first-order valence-corrected chi connectivity index (χ1v) is 6.09. The molecule has 0 spiro atoms. The standard InChI is InChI=1S/C14H14F3NO4/c1-3-8-22-13(21)18(2)11(12(19)20)9-4-6-10(7-5-9)14(15,16)17/h3-7,11H,1,8H2,2H3,(H,19,20). The van der Waals surface area contributed by atoms with Gasteiger partial charge in [-0.1, -0.05) is 24.8 Å². The molecule has 1 aromatic carbocycles. The first-order chi connectivity index (χ1) is 10.2. The zero-order valence-electron chi connectivity index (χ0n) is 11.6. The summed E-state index contributed by atoms with van der Waals surface area (Å²) in [5.41, 5.74) is -0.879. The Labute approximate surface area is 124 Å². The number of hydrogen-bond acceptors (Lipinski definition) is 3. The van der Waals surface area contributed by atoms with Gasteiger partial charge in [-0.05, 0) is 17.7 Å². The van der Waals surface area contributed by atoms with E-state index in [-0.39, 0.29) is 12.2 Å². The van der Waals surface area contributed by atoms with Crippen LogP contribution in [0, 0.1) is 0 Å². The van der Waals surface area contributed by atoms with Gasteiger partial charge < -0.3 is 9.84 Å². The summed E-state index contributed by atoms with van der Waals surface area (Å²) in [5.74, 6) is -1.39. The Morgan fingerprint density at radius 2 is 1.91 bits per heavy atom. The summed E-state index contributed by atoms with van der Waals surface area (Å²) >= 11 is 0. The second kappa shape index (κ2) is 6.97. The molecule has 1 aromatic rings. The van der Waals surface area contributed by atoms with Gasteiger partial charge in [0.2, 0.25) is 0 Å². The largest absolute Gasteiger partial charge is 0.479 e. The fourth-order valence-corrected chi connectivity index (χ4v) is 1.72. The molecule has 0 heterocycles. The predicted molar refractivity (Wildman–Crippen MR) is 71.1 cm³/mol. The summed E-state index contributed by atoms with van der Waals surface area (Å²) in [5, 5.41) is 9.21. The minimum atomic E-state index is -4.52. The third-order valence-corrected chi connectivity index (χ3v) is 2.79. The Hall–Kier alpha value is -2.51. The van der Waals surface area contributed by atoms with Crippen molar-refractivity contribution in [1.29, 1.82) is 0 Å². The monoisotopic (exact) mass is 317 g/mol. The van der Waals surface area contributed by atoms with E-state index in [0.717, 1.165) is 29.2 Å². The summed E-state index contributed by atoms with van der Waals surface area (Å²) in [6, 6.07) is 2.08. The van der Waals surface area contributed by atoms with Gasteiger partial charge in [0.05, 0.1) is 5.56 Å². The van der Waals surface area contributed by atoms with Crippen LogP contribution in [0.1, 0.15) is 17.2 Å². The lowest BCUT2D eigenvalue weighted by Gasteiger charge is -2.24. The molecule has 0 aromatic heterocycles. The molecule has 8 heteroatoms. The van der Waals surface area contributed by atoms with E-state index in [1.807, 2.05) is 0 Å². The van der Waals surface area contributed by atoms with Gasteiger partial charge in [0.1, 0.15) is 6.61 Å². The predicted octanol–water partition coefficient (Wildman–Crippen LogP) is 3.09. The molecular weight excluding hydrogens is 303 g/mol. The van der Waals surface area contributed by atoms with Crippen LogP contribution in [-0.4, -0.2) is 35.7 Å². The summed E-state index contributed by atoms with van der Waals surface area (Å²) in [7, 11) is 1.18. The van der Waals surface area contributed by atoms with Crippen LogP contribution >= 0.6 is 0 Å². The number of carbonyl (C=O) groups excluding carboxylic acids is 1. The number of carbonyl (C=O) groups is 2. The Bertz CT molecular complexity index is 554. The van der Waals surface area contributed by atoms with E-state index in [9.17, 15) is 27.9 Å². The Morgan fingerprint density at radius 1 is 1.36 bits per heavy atom. The number of amides is 1. The molecule has 1 rings (SSSR count). The van der Waals surface area contributed by atoms with Gasteiger partial charge in [-0.3, -0.25) is 4.90 Å². The van der Waals surface area contributed by atoms with Gasteiger partial charge in [0.15, 0.2) is 6.04 Å². The maximum Gasteiger partial charge on any atom is 0.416 e. The van der Waals surface area contributed by atoms with Crippen LogP contribution in [0.3, 0.4) is 0 Å². The molecule has 0 fully saturated rings. The second-order valence-electron chi connectivity index (χ2n) is 4.34. The van der Waals surface area contributed by atoms with Gasteiger partial charge >= 0.3 is 18.2 Å². The maximum absolute atomic E-state index is 12.5. The smallest absolute Gasteiger partial charge is 0.416 e. The average molecular weight is 317 g/mol. The van der Waals surface area contributed by atoms with Crippen LogP contribution in [0.2, 0.25) is 0 Å². The van der Waals surface area contributed by atoms with E-state index >= 15 is 0 Å². The van der Waals surface area contributed by atoms with E-state index in [4.69, 9.17) is 4.74 Å². The summed E-state index contributed by atoms with van der Waals surface area (Å²) in [4.78, 5) is 23.8. The van der Waals surface area contributed by atoms with Crippen LogP contribution < -0.4 is 0 Å². The van der Waals surface area contributed by atoms with E-state index < -0.39 is 29.8 Å². The van der Waals surface area contributed by atoms with Gasteiger partial charge in [-0.2, -0.15) is 13.2 Å². The quantitative estimate of drug-likeness (QED) is 0.848. The number of alkyl halides is 3. The summed E-state index contributed by atoms with van der Waals surface area (Å²) in [6.07, 6.45) is -4.14. The molecule has 0 saturated heterocycles. The van der Waals surface area contributed by atoms with Crippen molar-refractivity contribution in [2.75, 3.05) is 13.7 Å². The first kappa shape index (κ1) is 17.5. The highest BCUT2D eigenvalue weighted by Gasteiger charge is 2.32. The molecule has 0 radical (unpaired) electrons.